The molecule has 2 aromatic carbocycles. The maximum atomic E-state index is 13.4. The van der Waals surface area contributed by atoms with Gasteiger partial charge in [-0.1, -0.05) is 63.2 Å². The van der Waals surface area contributed by atoms with Crippen LogP contribution in [0.3, 0.4) is 0 Å². The van der Waals surface area contributed by atoms with Gasteiger partial charge < -0.3 is 14.7 Å². The molecule has 0 bridgehead atoms. The molecule has 0 aliphatic carbocycles. The maximum Gasteiger partial charge on any atom is 0.290 e. The molecule has 3 aromatic rings. The molecule has 6 heteroatoms. The third-order valence-corrected chi connectivity index (χ3v) is 6.77. The SMILES string of the molecule is COc1ccc(CN2C(=O)C(O)=C(C(=O)c3cccs3)C2c2ccc(C(C)(C)C)cc2)cc1. The van der Waals surface area contributed by atoms with Crippen molar-refractivity contribution >= 4 is 23.0 Å². The molecule has 1 amide bonds. The average Bonchev–Trinajstić information content (AvgIpc) is 3.42. The Balaban J connectivity index is 1.76. The molecule has 170 valence electrons. The van der Waals surface area contributed by atoms with Crippen LogP contribution in [-0.4, -0.2) is 28.8 Å². The van der Waals surface area contributed by atoms with Crippen LogP contribution in [0.1, 0.15) is 53.2 Å². The summed E-state index contributed by atoms with van der Waals surface area (Å²) in [7, 11) is 1.60. The Morgan fingerprint density at radius 2 is 1.73 bits per heavy atom. The highest BCUT2D eigenvalue weighted by molar-refractivity contribution is 7.12. The molecule has 1 aliphatic rings. The summed E-state index contributed by atoms with van der Waals surface area (Å²) < 4.78 is 5.22. The molecule has 33 heavy (non-hydrogen) atoms. The number of carbonyl (C=O) groups excluding carboxylic acids is 2. The normalized spacial score (nSPS) is 16.4. The topological polar surface area (TPSA) is 66.8 Å². The summed E-state index contributed by atoms with van der Waals surface area (Å²) >= 11 is 1.29. The summed E-state index contributed by atoms with van der Waals surface area (Å²) in [6.45, 7) is 6.65. The second-order valence-electron chi connectivity index (χ2n) is 9.12. The lowest BCUT2D eigenvalue weighted by molar-refractivity contribution is -0.130. The van der Waals surface area contributed by atoms with Crippen molar-refractivity contribution in [2.24, 2.45) is 0 Å². The van der Waals surface area contributed by atoms with Gasteiger partial charge >= 0.3 is 0 Å². The summed E-state index contributed by atoms with van der Waals surface area (Å²) in [5, 5.41) is 12.6. The first-order valence-electron chi connectivity index (χ1n) is 10.8. The van der Waals surface area contributed by atoms with E-state index in [0.29, 0.717) is 4.88 Å². The van der Waals surface area contributed by atoms with Crippen molar-refractivity contribution in [2.45, 2.75) is 38.8 Å². The number of nitrogens with zero attached hydrogens (tertiary/aromatic N) is 1. The number of hydrogen-bond acceptors (Lipinski definition) is 5. The highest BCUT2D eigenvalue weighted by Crippen LogP contribution is 2.41. The molecule has 4 rings (SSSR count). The molecule has 2 heterocycles. The molecule has 1 aromatic heterocycles. The molecule has 1 atom stereocenters. The number of methoxy groups -OCH3 is 1. The number of benzene rings is 2. The fourth-order valence-electron chi connectivity index (χ4n) is 4.03. The lowest BCUT2D eigenvalue weighted by Gasteiger charge is -2.28. The lowest BCUT2D eigenvalue weighted by Crippen LogP contribution is -2.30. The fraction of sp³-hybridized carbons (Fsp3) is 0.259. The number of aliphatic hydroxyl groups excluding tert-OH is 1. The molecular formula is C27H27NO4S. The molecule has 1 aliphatic heterocycles. The van der Waals surface area contributed by atoms with Crippen molar-refractivity contribution < 1.29 is 19.4 Å². The van der Waals surface area contributed by atoms with E-state index in [-0.39, 0.29) is 23.3 Å². The number of hydrogen-bond donors (Lipinski definition) is 1. The standard InChI is InChI=1S/C27H27NO4S/c1-27(2,3)19-11-9-18(10-12-19)23-22(24(29)21-6-5-15-33-21)25(30)26(31)28(23)16-17-7-13-20(32-4)14-8-17/h5-15,23,30H,16H2,1-4H3. The Bertz CT molecular complexity index is 1190. The van der Waals surface area contributed by atoms with Gasteiger partial charge in [0.1, 0.15) is 5.75 Å². The molecule has 0 saturated carbocycles. The molecule has 0 radical (unpaired) electrons. The van der Waals surface area contributed by atoms with Gasteiger partial charge in [0.2, 0.25) is 5.78 Å². The number of ketones is 1. The van der Waals surface area contributed by atoms with Gasteiger partial charge in [-0.05, 0) is 45.7 Å². The van der Waals surface area contributed by atoms with Crippen LogP contribution in [0.4, 0.5) is 0 Å². The van der Waals surface area contributed by atoms with E-state index in [1.807, 2.05) is 53.9 Å². The highest BCUT2D eigenvalue weighted by atomic mass is 32.1. The summed E-state index contributed by atoms with van der Waals surface area (Å²) in [5.74, 6) is -0.629. The summed E-state index contributed by atoms with van der Waals surface area (Å²) in [4.78, 5) is 28.6. The molecule has 0 spiro atoms. The largest absolute Gasteiger partial charge is 0.503 e. The highest BCUT2D eigenvalue weighted by Gasteiger charge is 2.44. The zero-order valence-electron chi connectivity index (χ0n) is 19.2. The number of rotatable bonds is 6. The fourth-order valence-corrected chi connectivity index (χ4v) is 4.71. The van der Waals surface area contributed by atoms with E-state index < -0.39 is 17.7 Å². The number of aliphatic hydroxyl groups is 1. The monoisotopic (exact) mass is 461 g/mol. The van der Waals surface area contributed by atoms with E-state index in [2.05, 4.69) is 20.8 Å². The van der Waals surface area contributed by atoms with Crippen molar-refractivity contribution in [3.63, 3.8) is 0 Å². The zero-order chi connectivity index (χ0) is 23.8. The van der Waals surface area contributed by atoms with Crippen LogP contribution in [0.25, 0.3) is 0 Å². The number of carbonyl (C=O) groups is 2. The summed E-state index contributed by atoms with van der Waals surface area (Å²) in [6, 6.07) is 18.2. The van der Waals surface area contributed by atoms with E-state index in [9.17, 15) is 14.7 Å². The average molecular weight is 462 g/mol. The predicted octanol–water partition coefficient (Wildman–Crippen LogP) is 5.83. The van der Waals surface area contributed by atoms with E-state index in [1.165, 1.54) is 11.3 Å². The first kappa shape index (κ1) is 22.8. The zero-order valence-corrected chi connectivity index (χ0v) is 20.0. The lowest BCUT2D eigenvalue weighted by atomic mass is 9.85. The maximum absolute atomic E-state index is 13.4. The quantitative estimate of drug-likeness (QED) is 0.469. The van der Waals surface area contributed by atoms with Gasteiger partial charge in [-0.2, -0.15) is 0 Å². The van der Waals surface area contributed by atoms with Gasteiger partial charge in [0.05, 0.1) is 23.6 Å². The Labute approximate surface area is 197 Å². The number of amides is 1. The Kier molecular flexibility index (Phi) is 6.13. The van der Waals surface area contributed by atoms with Gasteiger partial charge in [0.15, 0.2) is 5.76 Å². The van der Waals surface area contributed by atoms with Gasteiger partial charge in [-0.25, -0.2) is 0 Å². The van der Waals surface area contributed by atoms with E-state index in [0.717, 1.165) is 22.4 Å². The molecule has 5 nitrogen and oxygen atoms in total. The van der Waals surface area contributed by atoms with Crippen LogP contribution in [-0.2, 0) is 16.8 Å². The van der Waals surface area contributed by atoms with Crippen molar-refractivity contribution in [3.8, 4) is 5.75 Å². The van der Waals surface area contributed by atoms with E-state index >= 15 is 0 Å². The molecule has 0 saturated heterocycles. The van der Waals surface area contributed by atoms with Crippen LogP contribution >= 0.6 is 11.3 Å². The van der Waals surface area contributed by atoms with Gasteiger partial charge in [-0.15, -0.1) is 11.3 Å². The molecule has 1 unspecified atom stereocenters. The van der Waals surface area contributed by atoms with Crippen LogP contribution < -0.4 is 4.74 Å². The van der Waals surface area contributed by atoms with Crippen molar-refractivity contribution in [1.29, 1.82) is 0 Å². The van der Waals surface area contributed by atoms with Crippen LogP contribution in [0, 0.1) is 0 Å². The molecule has 0 fully saturated rings. The van der Waals surface area contributed by atoms with Gasteiger partial charge in [0, 0.05) is 6.54 Å². The number of thiophene rings is 1. The van der Waals surface area contributed by atoms with Crippen LogP contribution in [0.5, 0.6) is 5.75 Å². The number of ether oxygens (including phenoxy) is 1. The van der Waals surface area contributed by atoms with Crippen molar-refractivity contribution in [2.75, 3.05) is 7.11 Å². The van der Waals surface area contributed by atoms with Crippen molar-refractivity contribution in [1.82, 2.24) is 4.90 Å². The van der Waals surface area contributed by atoms with Gasteiger partial charge in [0.25, 0.3) is 5.91 Å². The summed E-state index contributed by atoms with van der Waals surface area (Å²) in [6.07, 6.45) is 0. The minimum atomic E-state index is -0.678. The Morgan fingerprint density at radius 3 is 2.27 bits per heavy atom. The second kappa shape index (κ2) is 8.87. The smallest absolute Gasteiger partial charge is 0.290 e. The van der Waals surface area contributed by atoms with Crippen molar-refractivity contribution in [3.05, 3.63) is 98.9 Å². The third kappa shape index (κ3) is 4.44. The van der Waals surface area contributed by atoms with Crippen LogP contribution in [0.2, 0.25) is 0 Å². The van der Waals surface area contributed by atoms with E-state index in [1.54, 1.807) is 24.1 Å². The van der Waals surface area contributed by atoms with Crippen LogP contribution in [0.15, 0.2) is 77.4 Å². The summed E-state index contributed by atoms with van der Waals surface area (Å²) in [5.41, 5.74) is 2.91. The first-order chi connectivity index (χ1) is 15.7. The Hall–Kier alpha value is -3.38. The minimum absolute atomic E-state index is 0.0274. The van der Waals surface area contributed by atoms with Gasteiger partial charge in [-0.3, -0.25) is 9.59 Å². The van der Waals surface area contributed by atoms with E-state index in [4.69, 9.17) is 4.74 Å². The Morgan fingerprint density at radius 1 is 1.06 bits per heavy atom. The number of Topliss-reactive ketones (excluding diaryl/α,β-unsaturated/α-hetero) is 1. The molecular weight excluding hydrogens is 434 g/mol. The molecule has 1 N–H and O–H groups in total. The third-order valence-electron chi connectivity index (χ3n) is 5.90. The minimum Gasteiger partial charge on any atom is -0.503 e. The first-order valence-corrected chi connectivity index (χ1v) is 11.6. The predicted molar refractivity (Wildman–Crippen MR) is 130 cm³/mol. The second-order valence-corrected chi connectivity index (χ2v) is 10.1.